The summed E-state index contributed by atoms with van der Waals surface area (Å²) in [7, 11) is 3.23. The van der Waals surface area contributed by atoms with Crippen LogP contribution in [0.1, 0.15) is 11.3 Å². The van der Waals surface area contributed by atoms with Crippen LogP contribution in [0.4, 0.5) is 0 Å². The van der Waals surface area contributed by atoms with E-state index in [0.717, 1.165) is 27.2 Å². The smallest absolute Gasteiger partial charge is 0.244 e. The number of amides is 1. The molecule has 2 aromatic carbocycles. The second-order valence-electron chi connectivity index (χ2n) is 5.89. The molecule has 1 N–H and O–H groups in total. The minimum absolute atomic E-state index is 0.207. The highest BCUT2D eigenvalue weighted by Gasteiger charge is 2.05. The molecule has 0 spiro atoms. The lowest BCUT2D eigenvalue weighted by molar-refractivity contribution is -0.116. The molecule has 3 rings (SSSR count). The van der Waals surface area contributed by atoms with Gasteiger partial charge in [0.1, 0.15) is 11.5 Å². The summed E-state index contributed by atoms with van der Waals surface area (Å²) in [4.78, 5) is 12.1. The van der Waals surface area contributed by atoms with Crippen molar-refractivity contribution in [3.8, 4) is 17.2 Å². The van der Waals surface area contributed by atoms with Crippen LogP contribution in [-0.4, -0.2) is 29.9 Å². The summed E-state index contributed by atoms with van der Waals surface area (Å²) < 4.78 is 13.1. The van der Waals surface area contributed by atoms with E-state index in [-0.39, 0.29) is 5.91 Å². The van der Waals surface area contributed by atoms with E-state index in [1.54, 1.807) is 25.0 Å². The zero-order valence-corrected chi connectivity index (χ0v) is 17.1. The largest absolute Gasteiger partial charge is 0.497 e. The van der Waals surface area contributed by atoms with Gasteiger partial charge < -0.3 is 14.8 Å². The first kappa shape index (κ1) is 19.7. The molecule has 28 heavy (non-hydrogen) atoms. The molecule has 6 nitrogen and oxygen atoms in total. The minimum atomic E-state index is -0.207. The topological polar surface area (TPSA) is 65.4 Å². The molecule has 0 saturated heterocycles. The van der Waals surface area contributed by atoms with Crippen molar-refractivity contribution in [3.63, 3.8) is 0 Å². The molecule has 1 amide bonds. The Balaban J connectivity index is 1.59. The second kappa shape index (κ2) is 9.23. The average Bonchev–Trinajstić information content (AvgIpc) is 3.20. The van der Waals surface area contributed by atoms with Crippen molar-refractivity contribution in [1.82, 2.24) is 15.1 Å². The lowest BCUT2D eigenvalue weighted by Crippen LogP contribution is -2.20. The molecular formula is C21H20BrN3O3. The van der Waals surface area contributed by atoms with E-state index in [2.05, 4.69) is 26.3 Å². The van der Waals surface area contributed by atoms with Gasteiger partial charge in [-0.25, -0.2) is 4.68 Å². The van der Waals surface area contributed by atoms with Crippen LogP contribution < -0.4 is 14.8 Å². The monoisotopic (exact) mass is 441 g/mol. The zero-order chi connectivity index (χ0) is 19.9. The number of nitrogens with one attached hydrogen (secondary N) is 1. The normalized spacial score (nSPS) is 10.8. The lowest BCUT2D eigenvalue weighted by Gasteiger charge is -2.05. The first-order chi connectivity index (χ1) is 13.6. The van der Waals surface area contributed by atoms with Crippen molar-refractivity contribution < 1.29 is 14.3 Å². The van der Waals surface area contributed by atoms with Gasteiger partial charge in [-0.15, -0.1) is 0 Å². The average molecular weight is 442 g/mol. The predicted molar refractivity (Wildman–Crippen MR) is 112 cm³/mol. The first-order valence-corrected chi connectivity index (χ1v) is 9.37. The fourth-order valence-corrected chi connectivity index (χ4v) is 2.95. The Morgan fingerprint density at radius 3 is 2.64 bits per heavy atom. The van der Waals surface area contributed by atoms with Gasteiger partial charge in [0.05, 0.1) is 32.1 Å². The van der Waals surface area contributed by atoms with Crippen LogP contribution in [0.3, 0.4) is 0 Å². The van der Waals surface area contributed by atoms with Gasteiger partial charge in [0.25, 0.3) is 0 Å². The Bertz CT molecular complexity index is 981. The summed E-state index contributed by atoms with van der Waals surface area (Å²) in [6.07, 6.45) is 5.05. The molecule has 0 aliphatic rings. The van der Waals surface area contributed by atoms with Crippen molar-refractivity contribution in [3.05, 3.63) is 76.5 Å². The molecule has 3 aromatic rings. The van der Waals surface area contributed by atoms with Gasteiger partial charge in [-0.2, -0.15) is 5.10 Å². The molecule has 144 valence electrons. The van der Waals surface area contributed by atoms with E-state index in [1.807, 2.05) is 54.7 Å². The maximum absolute atomic E-state index is 12.1. The second-order valence-corrected chi connectivity index (χ2v) is 6.80. The number of hydrogen-bond donors (Lipinski definition) is 1. The Labute approximate surface area is 171 Å². The predicted octanol–water partition coefficient (Wildman–Crippen LogP) is 3.98. The molecule has 0 radical (unpaired) electrons. The Morgan fingerprint density at radius 1 is 1.14 bits per heavy atom. The van der Waals surface area contributed by atoms with Gasteiger partial charge in [0, 0.05) is 22.3 Å². The fraction of sp³-hybridized carbons (Fsp3) is 0.143. The first-order valence-electron chi connectivity index (χ1n) is 8.57. The highest BCUT2D eigenvalue weighted by atomic mass is 79.9. The molecule has 0 fully saturated rings. The maximum Gasteiger partial charge on any atom is 0.244 e. The molecule has 0 aliphatic carbocycles. The van der Waals surface area contributed by atoms with Crippen LogP contribution in [0, 0.1) is 0 Å². The number of rotatable bonds is 7. The fourth-order valence-electron chi connectivity index (χ4n) is 2.57. The molecule has 1 aromatic heterocycles. The van der Waals surface area contributed by atoms with Gasteiger partial charge >= 0.3 is 0 Å². The summed E-state index contributed by atoms with van der Waals surface area (Å²) in [6, 6.07) is 15.1. The third-order valence-corrected chi connectivity index (χ3v) is 4.52. The summed E-state index contributed by atoms with van der Waals surface area (Å²) in [5.74, 6) is 1.28. The Hall–Kier alpha value is -3.06. The van der Waals surface area contributed by atoms with Crippen LogP contribution in [-0.2, 0) is 11.3 Å². The molecule has 0 saturated carbocycles. The number of carbonyl (C=O) groups is 1. The maximum atomic E-state index is 12.1. The number of benzene rings is 2. The number of nitrogens with zero attached hydrogens (tertiary/aromatic N) is 2. The van der Waals surface area contributed by atoms with E-state index >= 15 is 0 Å². The zero-order valence-electron chi connectivity index (χ0n) is 15.6. The van der Waals surface area contributed by atoms with Crippen molar-refractivity contribution in [1.29, 1.82) is 0 Å². The van der Waals surface area contributed by atoms with Crippen LogP contribution in [0.15, 0.2) is 65.3 Å². The van der Waals surface area contributed by atoms with Gasteiger partial charge in [-0.3, -0.25) is 4.79 Å². The van der Waals surface area contributed by atoms with E-state index in [0.29, 0.717) is 12.3 Å². The van der Waals surface area contributed by atoms with Crippen LogP contribution >= 0.6 is 15.9 Å². The lowest BCUT2D eigenvalue weighted by atomic mass is 10.2. The third kappa shape index (κ3) is 5.01. The third-order valence-electron chi connectivity index (χ3n) is 4.03. The van der Waals surface area contributed by atoms with Gasteiger partial charge in [0.15, 0.2) is 0 Å². The summed E-state index contributed by atoms with van der Waals surface area (Å²) in [5.41, 5.74) is 2.49. The summed E-state index contributed by atoms with van der Waals surface area (Å²) >= 11 is 3.42. The van der Waals surface area contributed by atoms with Crippen LogP contribution in [0.25, 0.3) is 11.8 Å². The summed E-state index contributed by atoms with van der Waals surface area (Å²) in [5, 5.41) is 7.31. The highest BCUT2D eigenvalue weighted by Crippen LogP contribution is 2.24. The molecule has 0 unspecified atom stereocenters. The molecule has 7 heteroatoms. The van der Waals surface area contributed by atoms with E-state index in [1.165, 1.54) is 6.08 Å². The van der Waals surface area contributed by atoms with Crippen LogP contribution in [0.5, 0.6) is 11.5 Å². The Kier molecular flexibility index (Phi) is 6.49. The number of carbonyl (C=O) groups excluding carboxylic acids is 1. The molecule has 1 heterocycles. The molecule has 0 bridgehead atoms. The molecular weight excluding hydrogens is 422 g/mol. The number of ether oxygens (including phenoxy) is 2. The number of aromatic nitrogens is 2. The number of methoxy groups -OCH3 is 2. The van der Waals surface area contributed by atoms with E-state index in [9.17, 15) is 4.79 Å². The SMILES string of the molecule is COc1ccc(-n2ccc(CNC(=O)C=Cc3cc(Br)ccc3OC)n2)cc1. The van der Waals surface area contributed by atoms with Gasteiger partial charge in [-0.05, 0) is 54.6 Å². The van der Waals surface area contributed by atoms with Gasteiger partial charge in [0.2, 0.25) is 5.91 Å². The molecule has 0 atom stereocenters. The molecule has 0 aliphatic heterocycles. The minimum Gasteiger partial charge on any atom is -0.497 e. The van der Waals surface area contributed by atoms with Crippen LogP contribution in [0.2, 0.25) is 0 Å². The van der Waals surface area contributed by atoms with Crippen molar-refractivity contribution >= 4 is 27.9 Å². The van der Waals surface area contributed by atoms with Gasteiger partial charge in [-0.1, -0.05) is 15.9 Å². The van der Waals surface area contributed by atoms with Crippen molar-refractivity contribution in [2.75, 3.05) is 14.2 Å². The van der Waals surface area contributed by atoms with E-state index < -0.39 is 0 Å². The number of halogens is 1. The highest BCUT2D eigenvalue weighted by molar-refractivity contribution is 9.10. The van der Waals surface area contributed by atoms with Crippen molar-refractivity contribution in [2.45, 2.75) is 6.54 Å². The summed E-state index contributed by atoms with van der Waals surface area (Å²) in [6.45, 7) is 0.335. The van der Waals surface area contributed by atoms with Crippen molar-refractivity contribution in [2.24, 2.45) is 0 Å². The standard InChI is InChI=1S/C21H20BrN3O3/c1-27-19-7-5-18(6-8-19)25-12-11-17(24-25)14-23-21(26)10-3-15-13-16(22)4-9-20(15)28-2/h3-13H,14H2,1-2H3,(H,23,26). The van der Waals surface area contributed by atoms with E-state index in [4.69, 9.17) is 9.47 Å². The number of hydrogen-bond acceptors (Lipinski definition) is 4. The quantitative estimate of drug-likeness (QED) is 0.563. The Morgan fingerprint density at radius 2 is 1.93 bits per heavy atom.